The zero-order chi connectivity index (χ0) is 5.86. The van der Waals surface area contributed by atoms with Crippen LogP contribution in [0.3, 0.4) is 0 Å². The van der Waals surface area contributed by atoms with E-state index in [2.05, 4.69) is 4.74 Å². The molecule has 0 saturated carbocycles. The maximum atomic E-state index is 9.81. The molecule has 0 atom stereocenters. The second-order valence-electron chi connectivity index (χ2n) is 1.09. The Bertz CT molecular complexity index is 97.5. The van der Waals surface area contributed by atoms with Crippen LogP contribution in [0, 0.1) is 0 Å². The van der Waals surface area contributed by atoms with Crippen LogP contribution in [0.4, 0.5) is 0 Å². The topological polar surface area (TPSA) is 43.4 Å². The van der Waals surface area contributed by atoms with E-state index in [1.165, 1.54) is 13.8 Å². The van der Waals surface area contributed by atoms with Crippen molar-refractivity contribution in [2.24, 2.45) is 0 Å². The Morgan fingerprint density at radius 1 is 1.11 bits per heavy atom. The van der Waals surface area contributed by atoms with Crippen molar-refractivity contribution in [2.45, 2.75) is 13.8 Å². The van der Waals surface area contributed by atoms with Gasteiger partial charge in [-0.1, -0.05) is 0 Å². The van der Waals surface area contributed by atoms with Crippen LogP contribution in [0.5, 0.6) is 0 Å². The Balaban J connectivity index is -0.0000000300. The molecule has 0 amide bonds. The Kier molecular flexibility index (Phi) is 16.9. The van der Waals surface area contributed by atoms with Crippen molar-refractivity contribution in [1.82, 2.24) is 0 Å². The van der Waals surface area contributed by atoms with Crippen molar-refractivity contribution in [3.63, 3.8) is 0 Å². The van der Waals surface area contributed by atoms with Gasteiger partial charge in [0, 0.05) is 13.8 Å². The van der Waals surface area contributed by atoms with Crippen molar-refractivity contribution in [3.8, 4) is 0 Å². The minimum Gasteiger partial charge on any atom is -1.00 e. The molecule has 0 aromatic rings. The van der Waals surface area contributed by atoms with E-state index in [0.717, 1.165) is 0 Å². The summed E-state index contributed by atoms with van der Waals surface area (Å²) < 4.78 is 3.97. The molecule has 0 N–H and O–H groups in total. The normalized spacial score (nSPS) is 6.00. The molecule has 9 heavy (non-hydrogen) atoms. The molecule has 0 aliphatic rings. The summed E-state index contributed by atoms with van der Waals surface area (Å²) in [6.07, 6.45) is 0. The van der Waals surface area contributed by atoms with E-state index in [-0.39, 0.29) is 62.0 Å². The number of carbonyl (C=O) groups excluding carboxylic acids is 2. The number of hydrogen-bond donors (Lipinski definition) is 0. The maximum Gasteiger partial charge on any atom is 1.00 e. The van der Waals surface area contributed by atoms with Gasteiger partial charge in [-0.05, 0) is 0 Å². The fourth-order valence-corrected chi connectivity index (χ4v) is 0.202. The minimum atomic E-state index is -0.562. The molecular weight excluding hydrogens is 142 g/mol. The molecule has 3 nitrogen and oxygen atoms in total. The number of ether oxygens (including phenoxy) is 1. The zero-order valence-electron chi connectivity index (χ0n) is 8.22. The molecule has 0 spiro atoms. The van der Waals surface area contributed by atoms with Crippen molar-refractivity contribution in [2.75, 3.05) is 0 Å². The van der Waals surface area contributed by atoms with Gasteiger partial charge in [-0.15, -0.1) is 0 Å². The van der Waals surface area contributed by atoms with Gasteiger partial charge in [-0.3, -0.25) is 9.59 Å². The van der Waals surface area contributed by atoms with E-state index < -0.39 is 11.9 Å². The largest absolute Gasteiger partial charge is 1.00 e. The third-order valence-electron chi connectivity index (χ3n) is 0.287. The third-order valence-corrected chi connectivity index (χ3v) is 0.287. The third kappa shape index (κ3) is 17.6. The van der Waals surface area contributed by atoms with Crippen LogP contribution >= 0.6 is 0 Å². The van der Waals surface area contributed by atoms with Gasteiger partial charge in [-0.25, -0.2) is 0 Å². The molecular formula is C4H8Na2O3. The Morgan fingerprint density at radius 3 is 1.33 bits per heavy atom. The summed E-state index contributed by atoms with van der Waals surface area (Å²) in [5, 5.41) is 0. The van der Waals surface area contributed by atoms with Gasteiger partial charge in [0.15, 0.2) is 0 Å². The Hall–Kier alpha value is 1.14. The van der Waals surface area contributed by atoms with Gasteiger partial charge >= 0.3 is 71.1 Å². The summed E-state index contributed by atoms with van der Waals surface area (Å²) in [7, 11) is 0. The van der Waals surface area contributed by atoms with Crippen LogP contribution in [0.15, 0.2) is 0 Å². The predicted octanol–water partition coefficient (Wildman–Crippen LogP) is -5.67. The van der Waals surface area contributed by atoms with Crippen LogP contribution in [0.1, 0.15) is 16.7 Å². The van der Waals surface area contributed by atoms with Crippen LogP contribution in [-0.4, -0.2) is 11.9 Å². The van der Waals surface area contributed by atoms with Crippen molar-refractivity contribution in [3.05, 3.63) is 0 Å². The average molecular weight is 150 g/mol. The molecule has 0 unspecified atom stereocenters. The molecule has 0 radical (unpaired) electrons. The molecule has 0 fully saturated rings. The molecule has 0 aromatic carbocycles. The molecule has 44 valence electrons. The molecule has 0 aromatic heterocycles. The summed E-state index contributed by atoms with van der Waals surface area (Å²) in [5.74, 6) is -1.12. The van der Waals surface area contributed by atoms with Gasteiger partial charge < -0.3 is 7.59 Å². The maximum absolute atomic E-state index is 9.81. The fraction of sp³-hybridized carbons (Fsp3) is 0.500. The monoisotopic (exact) mass is 150 g/mol. The first-order valence-corrected chi connectivity index (χ1v) is 1.82. The van der Waals surface area contributed by atoms with Gasteiger partial charge in [0.05, 0.1) is 0 Å². The van der Waals surface area contributed by atoms with E-state index >= 15 is 0 Å². The number of carbonyl (C=O) groups is 2. The minimum absolute atomic E-state index is 0. The first kappa shape index (κ1) is 16.6. The fourth-order valence-electron chi connectivity index (χ4n) is 0.202. The number of hydrogen-bond acceptors (Lipinski definition) is 3. The van der Waals surface area contributed by atoms with E-state index in [4.69, 9.17) is 0 Å². The molecule has 0 aliphatic carbocycles. The summed E-state index contributed by atoms with van der Waals surface area (Å²) in [4.78, 5) is 19.6. The first-order valence-electron chi connectivity index (χ1n) is 1.82. The number of esters is 2. The summed E-state index contributed by atoms with van der Waals surface area (Å²) in [6, 6.07) is 0. The summed E-state index contributed by atoms with van der Waals surface area (Å²) in [5.41, 5.74) is 0. The molecule has 0 aliphatic heterocycles. The van der Waals surface area contributed by atoms with Crippen molar-refractivity contribution < 1.29 is 76.3 Å². The molecule has 5 heteroatoms. The van der Waals surface area contributed by atoms with Crippen LogP contribution in [-0.2, 0) is 14.3 Å². The molecule has 0 bridgehead atoms. The Labute approximate surface area is 101 Å². The van der Waals surface area contributed by atoms with E-state index in [9.17, 15) is 9.59 Å². The molecule has 0 saturated heterocycles. The SMILES string of the molecule is CC(=O)OC(C)=O.[H-].[H-].[Na+].[Na+]. The number of rotatable bonds is 0. The van der Waals surface area contributed by atoms with Crippen molar-refractivity contribution in [1.29, 1.82) is 0 Å². The molecule has 0 rings (SSSR count). The van der Waals surface area contributed by atoms with Gasteiger partial charge in [0.25, 0.3) is 0 Å². The van der Waals surface area contributed by atoms with Crippen LogP contribution in [0.25, 0.3) is 0 Å². The smallest absolute Gasteiger partial charge is 1.00 e. The van der Waals surface area contributed by atoms with E-state index in [0.29, 0.717) is 0 Å². The van der Waals surface area contributed by atoms with Gasteiger partial charge in [0.1, 0.15) is 0 Å². The second kappa shape index (κ2) is 9.14. The average Bonchev–Trinajstić information content (AvgIpc) is 1.27. The van der Waals surface area contributed by atoms with Crippen molar-refractivity contribution >= 4 is 11.9 Å². The quantitative estimate of drug-likeness (QED) is 0.196. The van der Waals surface area contributed by atoms with Crippen LogP contribution < -0.4 is 59.1 Å². The predicted molar refractivity (Wildman–Crippen MR) is 24.7 cm³/mol. The summed E-state index contributed by atoms with van der Waals surface area (Å²) >= 11 is 0. The Morgan fingerprint density at radius 2 is 1.33 bits per heavy atom. The van der Waals surface area contributed by atoms with E-state index in [1.54, 1.807) is 0 Å². The zero-order valence-corrected chi connectivity index (χ0v) is 10.2. The summed E-state index contributed by atoms with van der Waals surface area (Å²) in [6.45, 7) is 2.36. The standard InChI is InChI=1S/C4H6O3.2Na.2H/c1-3(5)7-4(2)6;;;;/h1-2H3;;;;/q;2*+1;2*-1. The van der Waals surface area contributed by atoms with E-state index in [1.807, 2.05) is 0 Å². The molecule has 0 heterocycles. The van der Waals surface area contributed by atoms with Gasteiger partial charge in [-0.2, -0.15) is 0 Å². The second-order valence-corrected chi connectivity index (χ2v) is 1.09. The van der Waals surface area contributed by atoms with Gasteiger partial charge in [0.2, 0.25) is 0 Å². The van der Waals surface area contributed by atoms with Crippen LogP contribution in [0.2, 0.25) is 0 Å². The first-order chi connectivity index (χ1) is 3.13.